The molecule has 0 aliphatic rings. The van der Waals surface area contributed by atoms with E-state index in [1.54, 1.807) is 49.1 Å². The molecule has 0 unspecified atom stereocenters. The summed E-state index contributed by atoms with van der Waals surface area (Å²) in [6, 6.07) is 13.2. The van der Waals surface area contributed by atoms with E-state index in [0.29, 0.717) is 11.3 Å². The molecule has 0 aliphatic carbocycles. The van der Waals surface area contributed by atoms with Crippen LogP contribution in [0.1, 0.15) is 25.2 Å². The van der Waals surface area contributed by atoms with E-state index in [-0.39, 0.29) is 41.3 Å². The molecule has 0 aliphatic heterocycles. The molecule has 9 heteroatoms. The van der Waals surface area contributed by atoms with E-state index in [0.717, 1.165) is 6.07 Å². The number of carbonyl (C=O) groups excluding carboxylic acids is 1. The van der Waals surface area contributed by atoms with Crippen LogP contribution in [0.4, 0.5) is 4.39 Å². The summed E-state index contributed by atoms with van der Waals surface area (Å²) in [6.45, 7) is 3.88. The summed E-state index contributed by atoms with van der Waals surface area (Å²) >= 11 is 0. The molecule has 0 atom stereocenters. The molecule has 0 spiro atoms. The molecular formula is C23H24FNO6S. The van der Waals surface area contributed by atoms with Crippen LogP contribution in [0.3, 0.4) is 0 Å². The van der Waals surface area contributed by atoms with E-state index in [2.05, 4.69) is 0 Å². The van der Waals surface area contributed by atoms with Crippen LogP contribution in [-0.4, -0.2) is 26.3 Å². The van der Waals surface area contributed by atoms with Crippen molar-refractivity contribution in [2.24, 2.45) is 5.92 Å². The first kappa shape index (κ1) is 23.3. The van der Waals surface area contributed by atoms with Crippen LogP contribution in [0.25, 0.3) is 0 Å². The molecule has 170 valence electrons. The fraction of sp³-hybridized carbons (Fsp3) is 0.261. The Labute approximate surface area is 186 Å². The second-order valence-corrected chi connectivity index (χ2v) is 8.92. The average molecular weight is 462 g/mol. The normalized spacial score (nSPS) is 11.4. The Hall–Kier alpha value is -3.33. The van der Waals surface area contributed by atoms with Crippen molar-refractivity contribution >= 4 is 16.0 Å². The van der Waals surface area contributed by atoms with E-state index in [1.165, 1.54) is 31.6 Å². The highest BCUT2D eigenvalue weighted by atomic mass is 32.2. The Bertz CT molecular complexity index is 1170. The van der Waals surface area contributed by atoms with Gasteiger partial charge in [-0.2, -0.15) is 8.42 Å². The number of hydrogen-bond donors (Lipinski definition) is 0. The highest BCUT2D eigenvalue weighted by molar-refractivity contribution is 7.87. The summed E-state index contributed by atoms with van der Waals surface area (Å²) in [5.41, 5.74) is 0.477. The fourth-order valence-corrected chi connectivity index (χ4v) is 4.04. The van der Waals surface area contributed by atoms with Gasteiger partial charge in [-0.25, -0.2) is 4.39 Å². The number of para-hydroxylation sites is 1. The van der Waals surface area contributed by atoms with Crippen molar-refractivity contribution in [2.45, 2.75) is 31.8 Å². The third-order valence-corrected chi connectivity index (χ3v) is 5.91. The molecule has 32 heavy (non-hydrogen) atoms. The second kappa shape index (κ2) is 9.86. The SMILES string of the molecule is COc1ccc(S(=O)(=O)Oc2ccccc2CN(Cc2ccco2)C(=O)C(C)C)cc1F. The summed E-state index contributed by atoms with van der Waals surface area (Å²) in [7, 11) is -3.04. The number of hydrogen-bond acceptors (Lipinski definition) is 6. The number of rotatable bonds is 9. The number of carbonyl (C=O) groups is 1. The minimum Gasteiger partial charge on any atom is -0.494 e. The Morgan fingerprint density at radius 2 is 1.81 bits per heavy atom. The first-order valence-electron chi connectivity index (χ1n) is 9.88. The zero-order valence-corrected chi connectivity index (χ0v) is 18.8. The van der Waals surface area contributed by atoms with Crippen LogP contribution in [-0.2, 0) is 28.0 Å². The van der Waals surface area contributed by atoms with Gasteiger partial charge in [0.05, 0.1) is 19.9 Å². The molecule has 0 fully saturated rings. The van der Waals surface area contributed by atoms with Crippen LogP contribution < -0.4 is 8.92 Å². The van der Waals surface area contributed by atoms with Gasteiger partial charge in [0.25, 0.3) is 0 Å². The van der Waals surface area contributed by atoms with Crippen molar-refractivity contribution in [3.05, 3.63) is 78.0 Å². The molecule has 3 aromatic rings. The lowest BCUT2D eigenvalue weighted by atomic mass is 10.1. The summed E-state index contributed by atoms with van der Waals surface area (Å²) in [6.07, 6.45) is 1.52. The smallest absolute Gasteiger partial charge is 0.339 e. The quantitative estimate of drug-likeness (QED) is 0.440. The largest absolute Gasteiger partial charge is 0.494 e. The van der Waals surface area contributed by atoms with E-state index < -0.39 is 15.9 Å². The van der Waals surface area contributed by atoms with Gasteiger partial charge in [-0.3, -0.25) is 4.79 Å². The summed E-state index contributed by atoms with van der Waals surface area (Å²) in [5.74, 6) is -0.661. The van der Waals surface area contributed by atoms with Gasteiger partial charge in [0.2, 0.25) is 5.91 Å². The van der Waals surface area contributed by atoms with E-state index in [4.69, 9.17) is 13.3 Å². The van der Waals surface area contributed by atoms with Crippen molar-refractivity contribution in [1.29, 1.82) is 0 Å². The minimum atomic E-state index is -4.32. The lowest BCUT2D eigenvalue weighted by Crippen LogP contribution is -2.33. The van der Waals surface area contributed by atoms with Gasteiger partial charge >= 0.3 is 10.1 Å². The molecule has 7 nitrogen and oxygen atoms in total. The van der Waals surface area contributed by atoms with Gasteiger partial charge in [0.15, 0.2) is 11.6 Å². The van der Waals surface area contributed by atoms with Gasteiger partial charge in [-0.05, 0) is 36.4 Å². The molecule has 1 aromatic heterocycles. The predicted molar refractivity (Wildman–Crippen MR) is 115 cm³/mol. The molecule has 1 heterocycles. The lowest BCUT2D eigenvalue weighted by Gasteiger charge is -2.24. The first-order valence-corrected chi connectivity index (χ1v) is 11.3. The Morgan fingerprint density at radius 3 is 2.44 bits per heavy atom. The first-order chi connectivity index (χ1) is 15.2. The second-order valence-electron chi connectivity index (χ2n) is 7.37. The number of amides is 1. The number of nitrogens with zero attached hydrogens (tertiary/aromatic N) is 1. The third kappa shape index (κ3) is 5.47. The molecule has 0 saturated heterocycles. The van der Waals surface area contributed by atoms with Gasteiger partial charge < -0.3 is 18.2 Å². The molecular weight excluding hydrogens is 437 g/mol. The number of furan rings is 1. The fourth-order valence-electron chi connectivity index (χ4n) is 3.06. The van der Waals surface area contributed by atoms with Crippen LogP contribution in [0.5, 0.6) is 11.5 Å². The van der Waals surface area contributed by atoms with Gasteiger partial charge in [0.1, 0.15) is 16.4 Å². The van der Waals surface area contributed by atoms with Gasteiger partial charge in [-0.1, -0.05) is 32.0 Å². The molecule has 0 radical (unpaired) electrons. The Morgan fingerprint density at radius 1 is 1.06 bits per heavy atom. The number of halogens is 1. The van der Waals surface area contributed by atoms with E-state index in [1.807, 2.05) is 0 Å². The van der Waals surface area contributed by atoms with E-state index in [9.17, 15) is 17.6 Å². The number of benzene rings is 2. The van der Waals surface area contributed by atoms with Gasteiger partial charge in [0, 0.05) is 18.0 Å². The number of ether oxygens (including phenoxy) is 1. The molecule has 3 rings (SSSR count). The van der Waals surface area contributed by atoms with Crippen LogP contribution >= 0.6 is 0 Å². The van der Waals surface area contributed by atoms with Crippen molar-refractivity contribution in [2.75, 3.05) is 7.11 Å². The van der Waals surface area contributed by atoms with Crippen molar-refractivity contribution in [3.8, 4) is 11.5 Å². The Kier molecular flexibility index (Phi) is 7.19. The minimum absolute atomic E-state index is 0.0460. The summed E-state index contributed by atoms with van der Waals surface area (Å²) < 4.78 is 55.1. The molecule has 0 bridgehead atoms. The zero-order valence-electron chi connectivity index (χ0n) is 17.9. The molecule has 2 aromatic carbocycles. The highest BCUT2D eigenvalue weighted by Gasteiger charge is 2.24. The van der Waals surface area contributed by atoms with Crippen LogP contribution in [0.15, 0.2) is 70.2 Å². The molecule has 1 amide bonds. The maximum atomic E-state index is 14.0. The standard InChI is InChI=1S/C23H24FNO6S/c1-16(2)23(26)25(15-18-8-6-12-30-18)14-17-7-4-5-9-21(17)31-32(27,28)19-10-11-22(29-3)20(24)13-19/h4-13,16H,14-15H2,1-3H3. The molecule has 0 saturated carbocycles. The van der Waals surface area contributed by atoms with Crippen molar-refractivity contribution in [1.82, 2.24) is 4.90 Å². The maximum absolute atomic E-state index is 14.0. The predicted octanol–water partition coefficient (Wildman–Crippen LogP) is 4.38. The summed E-state index contributed by atoms with van der Waals surface area (Å²) in [5, 5.41) is 0. The monoisotopic (exact) mass is 461 g/mol. The Balaban J connectivity index is 1.88. The van der Waals surface area contributed by atoms with Crippen molar-refractivity contribution in [3.63, 3.8) is 0 Å². The third-order valence-electron chi connectivity index (χ3n) is 4.68. The average Bonchev–Trinajstić information content (AvgIpc) is 3.27. The van der Waals surface area contributed by atoms with Crippen LogP contribution in [0, 0.1) is 11.7 Å². The highest BCUT2D eigenvalue weighted by Crippen LogP contribution is 2.27. The topological polar surface area (TPSA) is 86.1 Å². The lowest BCUT2D eigenvalue weighted by molar-refractivity contribution is -0.136. The van der Waals surface area contributed by atoms with Gasteiger partial charge in [-0.15, -0.1) is 0 Å². The molecule has 0 N–H and O–H groups in total. The maximum Gasteiger partial charge on any atom is 0.339 e. The van der Waals surface area contributed by atoms with Crippen molar-refractivity contribution < 1.29 is 30.9 Å². The van der Waals surface area contributed by atoms with E-state index >= 15 is 0 Å². The number of methoxy groups -OCH3 is 1. The summed E-state index contributed by atoms with van der Waals surface area (Å²) in [4.78, 5) is 14.0. The van der Waals surface area contributed by atoms with Crippen LogP contribution in [0.2, 0.25) is 0 Å². The zero-order chi connectivity index (χ0) is 23.3.